The van der Waals surface area contributed by atoms with Crippen molar-refractivity contribution >= 4 is 23.9 Å². The van der Waals surface area contributed by atoms with Crippen molar-refractivity contribution in [3.8, 4) is 0 Å². The van der Waals surface area contributed by atoms with Crippen molar-refractivity contribution in [2.75, 3.05) is 5.75 Å². The highest BCUT2D eigenvalue weighted by atomic mass is 32.1. The van der Waals surface area contributed by atoms with E-state index in [2.05, 4.69) is 31.5 Å². The van der Waals surface area contributed by atoms with Gasteiger partial charge in [-0.3, -0.25) is 4.57 Å². The first kappa shape index (κ1) is 13.2. The second-order valence-electron chi connectivity index (χ2n) is 4.64. The number of hydrogen-bond acceptors (Lipinski definition) is 4. The summed E-state index contributed by atoms with van der Waals surface area (Å²) in [5.41, 5.74) is 1.18. The molecule has 2 aromatic rings. The third kappa shape index (κ3) is 2.19. The summed E-state index contributed by atoms with van der Waals surface area (Å²) >= 11 is 4.43. The molecule has 0 saturated heterocycles. The van der Waals surface area contributed by atoms with Gasteiger partial charge in [0.1, 0.15) is 0 Å². The van der Waals surface area contributed by atoms with Crippen LogP contribution >= 0.6 is 12.6 Å². The topological polar surface area (TPSA) is 48.0 Å². The summed E-state index contributed by atoms with van der Waals surface area (Å²) < 4.78 is 6.82. The van der Waals surface area contributed by atoms with Crippen molar-refractivity contribution in [3.05, 3.63) is 28.9 Å². The molecule has 0 unspecified atom stereocenters. The molecule has 98 valence electrons. The molecule has 2 rings (SSSR count). The van der Waals surface area contributed by atoms with Gasteiger partial charge in [0, 0.05) is 12.7 Å². The molecular formula is C13H18N2O2S. The Hall–Kier alpha value is -1.23. The fourth-order valence-corrected chi connectivity index (χ4v) is 2.67. The standard InChI is InChI=1S/C13H18N2O2S/c1-3-13(4-2,9-18)8-15-11-10(17-12(15)16)6-5-7-14-11/h5-7,18H,3-4,8-9H2,1-2H3. The maximum absolute atomic E-state index is 11.9. The van der Waals surface area contributed by atoms with E-state index >= 15 is 0 Å². The Balaban J connectivity index is 2.48. The van der Waals surface area contributed by atoms with Crippen LogP contribution in [0.4, 0.5) is 0 Å². The normalized spacial score (nSPS) is 12.2. The maximum atomic E-state index is 11.9. The van der Waals surface area contributed by atoms with Crippen LogP contribution in [0.25, 0.3) is 11.2 Å². The van der Waals surface area contributed by atoms with E-state index in [0.29, 0.717) is 17.8 Å². The molecule has 2 aromatic heterocycles. The molecule has 0 aliphatic heterocycles. The van der Waals surface area contributed by atoms with E-state index in [1.165, 1.54) is 0 Å². The monoisotopic (exact) mass is 266 g/mol. The minimum Gasteiger partial charge on any atom is -0.406 e. The Bertz CT molecular complexity index is 576. The first-order valence-electron chi connectivity index (χ1n) is 6.21. The molecule has 0 spiro atoms. The first-order chi connectivity index (χ1) is 8.65. The van der Waals surface area contributed by atoms with Crippen LogP contribution < -0.4 is 5.76 Å². The van der Waals surface area contributed by atoms with Gasteiger partial charge in [0.05, 0.1) is 0 Å². The Morgan fingerprint density at radius 2 is 2.17 bits per heavy atom. The molecule has 0 atom stereocenters. The predicted octanol–water partition coefficient (Wildman–Crippen LogP) is 2.73. The molecule has 0 N–H and O–H groups in total. The summed E-state index contributed by atoms with van der Waals surface area (Å²) in [5.74, 6) is 0.406. The Labute approximate surface area is 111 Å². The number of oxazole rings is 1. The molecular weight excluding hydrogens is 248 g/mol. The molecule has 0 bridgehead atoms. The molecule has 5 heteroatoms. The third-order valence-electron chi connectivity index (χ3n) is 3.75. The van der Waals surface area contributed by atoms with E-state index in [9.17, 15) is 4.79 Å². The van der Waals surface area contributed by atoms with Crippen molar-refractivity contribution in [2.45, 2.75) is 33.2 Å². The summed E-state index contributed by atoms with van der Waals surface area (Å²) in [6, 6.07) is 3.53. The van der Waals surface area contributed by atoms with E-state index in [4.69, 9.17) is 4.42 Å². The number of fused-ring (bicyclic) bond motifs is 1. The van der Waals surface area contributed by atoms with Crippen LogP contribution in [0.15, 0.2) is 27.5 Å². The number of hydrogen-bond donors (Lipinski definition) is 1. The van der Waals surface area contributed by atoms with Gasteiger partial charge in [-0.05, 0) is 36.1 Å². The largest absolute Gasteiger partial charge is 0.421 e. The molecule has 0 radical (unpaired) electrons. The molecule has 0 aliphatic rings. The van der Waals surface area contributed by atoms with E-state index in [1.54, 1.807) is 22.9 Å². The molecule has 0 fully saturated rings. The molecule has 4 nitrogen and oxygen atoms in total. The van der Waals surface area contributed by atoms with Crippen molar-refractivity contribution in [1.82, 2.24) is 9.55 Å². The zero-order valence-electron chi connectivity index (χ0n) is 10.7. The minimum absolute atomic E-state index is 0.0151. The lowest BCUT2D eigenvalue weighted by atomic mass is 9.84. The number of pyridine rings is 1. The van der Waals surface area contributed by atoms with Gasteiger partial charge in [0.15, 0.2) is 11.2 Å². The molecule has 18 heavy (non-hydrogen) atoms. The Morgan fingerprint density at radius 3 is 2.78 bits per heavy atom. The van der Waals surface area contributed by atoms with E-state index in [1.807, 2.05) is 0 Å². The predicted molar refractivity (Wildman–Crippen MR) is 75.1 cm³/mol. The van der Waals surface area contributed by atoms with Gasteiger partial charge in [0.25, 0.3) is 0 Å². The summed E-state index contributed by atoms with van der Waals surface area (Å²) in [4.78, 5) is 16.1. The number of thiol groups is 1. The van der Waals surface area contributed by atoms with Crippen LogP contribution in [0.5, 0.6) is 0 Å². The number of nitrogens with zero attached hydrogens (tertiary/aromatic N) is 2. The van der Waals surface area contributed by atoms with Crippen molar-refractivity contribution in [3.63, 3.8) is 0 Å². The molecule has 0 amide bonds. The quantitative estimate of drug-likeness (QED) is 0.846. The fraction of sp³-hybridized carbons (Fsp3) is 0.538. The summed E-state index contributed by atoms with van der Waals surface area (Å²) in [6.45, 7) is 4.85. The molecule has 0 aromatic carbocycles. The lowest BCUT2D eigenvalue weighted by molar-refractivity contribution is 0.252. The van der Waals surface area contributed by atoms with Crippen LogP contribution in [0.1, 0.15) is 26.7 Å². The Kier molecular flexibility index (Phi) is 3.80. The van der Waals surface area contributed by atoms with Crippen molar-refractivity contribution in [1.29, 1.82) is 0 Å². The van der Waals surface area contributed by atoms with Crippen LogP contribution in [0.3, 0.4) is 0 Å². The second kappa shape index (κ2) is 5.18. The second-order valence-corrected chi connectivity index (χ2v) is 4.96. The van der Waals surface area contributed by atoms with Gasteiger partial charge in [-0.25, -0.2) is 9.78 Å². The first-order valence-corrected chi connectivity index (χ1v) is 6.84. The highest BCUT2D eigenvalue weighted by Crippen LogP contribution is 2.30. The van der Waals surface area contributed by atoms with Crippen LogP contribution in [0.2, 0.25) is 0 Å². The summed E-state index contributed by atoms with van der Waals surface area (Å²) in [6.07, 6.45) is 3.62. The fourth-order valence-electron chi connectivity index (χ4n) is 2.12. The lowest BCUT2D eigenvalue weighted by Gasteiger charge is -2.29. The average Bonchev–Trinajstić information content (AvgIpc) is 2.72. The smallest absolute Gasteiger partial charge is 0.406 e. The molecule has 0 saturated carbocycles. The summed E-state index contributed by atoms with van der Waals surface area (Å²) in [7, 11) is 0. The number of rotatable bonds is 5. The lowest BCUT2D eigenvalue weighted by Crippen LogP contribution is -2.31. The van der Waals surface area contributed by atoms with Crippen LogP contribution in [-0.4, -0.2) is 15.3 Å². The van der Waals surface area contributed by atoms with Gasteiger partial charge < -0.3 is 4.42 Å². The van der Waals surface area contributed by atoms with Crippen molar-refractivity contribution < 1.29 is 4.42 Å². The van der Waals surface area contributed by atoms with Gasteiger partial charge in [0.2, 0.25) is 0 Å². The van der Waals surface area contributed by atoms with Crippen molar-refractivity contribution in [2.24, 2.45) is 5.41 Å². The van der Waals surface area contributed by atoms with E-state index < -0.39 is 0 Å². The van der Waals surface area contributed by atoms with Gasteiger partial charge >= 0.3 is 5.76 Å². The highest BCUT2D eigenvalue weighted by molar-refractivity contribution is 7.80. The van der Waals surface area contributed by atoms with Crippen LogP contribution in [0, 0.1) is 5.41 Å². The van der Waals surface area contributed by atoms with E-state index in [0.717, 1.165) is 18.6 Å². The SMILES string of the molecule is CCC(CC)(CS)Cn1c(=O)oc2cccnc21. The average molecular weight is 266 g/mol. The Morgan fingerprint density at radius 1 is 1.44 bits per heavy atom. The van der Waals surface area contributed by atoms with Gasteiger partial charge in [-0.2, -0.15) is 12.6 Å². The molecule has 2 heterocycles. The zero-order chi connectivity index (χ0) is 13.2. The third-order valence-corrected chi connectivity index (χ3v) is 4.42. The summed E-state index contributed by atoms with van der Waals surface area (Å²) in [5, 5.41) is 0. The number of aromatic nitrogens is 2. The molecule has 0 aliphatic carbocycles. The van der Waals surface area contributed by atoms with E-state index in [-0.39, 0.29) is 11.2 Å². The highest BCUT2D eigenvalue weighted by Gasteiger charge is 2.27. The zero-order valence-corrected chi connectivity index (χ0v) is 11.6. The van der Waals surface area contributed by atoms with Crippen LogP contribution in [-0.2, 0) is 6.54 Å². The minimum atomic E-state index is -0.336. The van der Waals surface area contributed by atoms with Gasteiger partial charge in [-0.1, -0.05) is 13.8 Å². The maximum Gasteiger partial charge on any atom is 0.421 e. The van der Waals surface area contributed by atoms with Gasteiger partial charge in [-0.15, -0.1) is 0 Å².